The predicted molar refractivity (Wildman–Crippen MR) is 100 cm³/mol. The van der Waals surface area contributed by atoms with E-state index in [4.69, 9.17) is 9.47 Å². The van der Waals surface area contributed by atoms with E-state index in [-0.39, 0.29) is 24.1 Å². The molecule has 2 aliphatic rings. The summed E-state index contributed by atoms with van der Waals surface area (Å²) in [7, 11) is 0. The second kappa shape index (κ2) is 7.48. The maximum absolute atomic E-state index is 12.7. The fourth-order valence-electron chi connectivity index (χ4n) is 3.71. The zero-order valence-corrected chi connectivity index (χ0v) is 14.9. The molecular formula is C21H24N2O3. The minimum Gasteiger partial charge on any atom is -0.492 e. The van der Waals surface area contributed by atoms with Crippen molar-refractivity contribution in [2.24, 2.45) is 0 Å². The first-order valence-electron chi connectivity index (χ1n) is 9.20. The molecule has 0 aromatic heterocycles. The molecule has 2 aromatic carbocycles. The second-order valence-electron chi connectivity index (χ2n) is 6.80. The fourth-order valence-corrected chi connectivity index (χ4v) is 3.71. The van der Waals surface area contributed by atoms with Gasteiger partial charge in [-0.2, -0.15) is 0 Å². The Kier molecular flexibility index (Phi) is 4.91. The van der Waals surface area contributed by atoms with Crippen LogP contribution in [0.1, 0.15) is 24.9 Å². The minimum absolute atomic E-state index is 0.0137. The van der Waals surface area contributed by atoms with Crippen LogP contribution < -0.4 is 15.4 Å². The number of ether oxygens (including phenoxy) is 2. The van der Waals surface area contributed by atoms with Crippen molar-refractivity contribution < 1.29 is 14.3 Å². The van der Waals surface area contributed by atoms with Gasteiger partial charge in [-0.15, -0.1) is 0 Å². The average molecular weight is 352 g/mol. The first kappa shape index (κ1) is 17.1. The van der Waals surface area contributed by atoms with Gasteiger partial charge in [0, 0.05) is 24.1 Å². The van der Waals surface area contributed by atoms with Crippen molar-refractivity contribution in [3.05, 3.63) is 54.1 Å². The number of benzene rings is 2. The summed E-state index contributed by atoms with van der Waals surface area (Å²) in [6.07, 6.45) is 0.637. The molecule has 26 heavy (non-hydrogen) atoms. The summed E-state index contributed by atoms with van der Waals surface area (Å²) in [5.74, 6) is 0.858. The SMILES string of the molecule is C[C@H]1OCCN[C@@H]1C(=O)NC1CCOc2c(-c3ccccc3)cccc21. The molecular weight excluding hydrogens is 328 g/mol. The van der Waals surface area contributed by atoms with E-state index in [0.717, 1.165) is 28.9 Å². The smallest absolute Gasteiger partial charge is 0.240 e. The van der Waals surface area contributed by atoms with Crippen LogP contribution in [0.25, 0.3) is 11.1 Å². The normalized spacial score (nSPS) is 25.0. The number of fused-ring (bicyclic) bond motifs is 1. The lowest BCUT2D eigenvalue weighted by atomic mass is 9.94. The quantitative estimate of drug-likeness (QED) is 0.892. The summed E-state index contributed by atoms with van der Waals surface area (Å²) in [6, 6.07) is 16.0. The van der Waals surface area contributed by atoms with Crippen molar-refractivity contribution >= 4 is 5.91 Å². The molecule has 1 fully saturated rings. The van der Waals surface area contributed by atoms with Gasteiger partial charge in [-0.25, -0.2) is 0 Å². The molecule has 0 radical (unpaired) electrons. The topological polar surface area (TPSA) is 59.6 Å². The third kappa shape index (κ3) is 3.32. The summed E-state index contributed by atoms with van der Waals surface area (Å²) in [5, 5.41) is 6.44. The molecule has 1 saturated heterocycles. The second-order valence-corrected chi connectivity index (χ2v) is 6.80. The molecule has 2 aliphatic heterocycles. The number of carbonyl (C=O) groups is 1. The largest absolute Gasteiger partial charge is 0.492 e. The number of rotatable bonds is 3. The zero-order valence-electron chi connectivity index (χ0n) is 14.9. The predicted octanol–water partition coefficient (Wildman–Crippen LogP) is 2.67. The number of morpholine rings is 1. The zero-order chi connectivity index (χ0) is 17.9. The van der Waals surface area contributed by atoms with E-state index in [0.29, 0.717) is 19.8 Å². The van der Waals surface area contributed by atoms with Gasteiger partial charge in [0.2, 0.25) is 5.91 Å². The Morgan fingerprint density at radius 1 is 1.12 bits per heavy atom. The summed E-state index contributed by atoms with van der Waals surface area (Å²) >= 11 is 0. The van der Waals surface area contributed by atoms with Crippen LogP contribution in [-0.2, 0) is 9.53 Å². The van der Waals surface area contributed by atoms with Crippen LogP contribution in [0.15, 0.2) is 48.5 Å². The van der Waals surface area contributed by atoms with Gasteiger partial charge in [-0.05, 0) is 12.5 Å². The molecule has 1 amide bonds. The van der Waals surface area contributed by atoms with E-state index >= 15 is 0 Å². The van der Waals surface area contributed by atoms with E-state index in [2.05, 4.69) is 28.8 Å². The maximum Gasteiger partial charge on any atom is 0.240 e. The molecule has 5 heteroatoms. The van der Waals surface area contributed by atoms with Gasteiger partial charge < -0.3 is 20.1 Å². The number of hydrogen-bond acceptors (Lipinski definition) is 4. The lowest BCUT2D eigenvalue weighted by Gasteiger charge is -2.33. The lowest BCUT2D eigenvalue weighted by Crippen LogP contribution is -2.56. The van der Waals surface area contributed by atoms with Gasteiger partial charge in [0.05, 0.1) is 25.4 Å². The third-order valence-corrected chi connectivity index (χ3v) is 5.07. The van der Waals surface area contributed by atoms with Gasteiger partial charge in [0.25, 0.3) is 0 Å². The number of para-hydroxylation sites is 1. The molecule has 2 heterocycles. The molecule has 2 N–H and O–H groups in total. The van der Waals surface area contributed by atoms with Crippen LogP contribution >= 0.6 is 0 Å². The monoisotopic (exact) mass is 352 g/mol. The highest BCUT2D eigenvalue weighted by atomic mass is 16.5. The van der Waals surface area contributed by atoms with Gasteiger partial charge in [0.1, 0.15) is 11.8 Å². The molecule has 0 aliphatic carbocycles. The lowest BCUT2D eigenvalue weighted by molar-refractivity contribution is -0.129. The molecule has 136 valence electrons. The van der Waals surface area contributed by atoms with Crippen LogP contribution in [0, 0.1) is 0 Å². The molecule has 0 bridgehead atoms. The highest BCUT2D eigenvalue weighted by Crippen LogP contribution is 2.40. The van der Waals surface area contributed by atoms with Crippen molar-refractivity contribution in [3.63, 3.8) is 0 Å². The number of amides is 1. The maximum atomic E-state index is 12.7. The van der Waals surface area contributed by atoms with Crippen LogP contribution in [-0.4, -0.2) is 37.8 Å². The van der Waals surface area contributed by atoms with Crippen LogP contribution in [0.5, 0.6) is 5.75 Å². The molecule has 4 rings (SSSR count). The first-order chi connectivity index (χ1) is 12.7. The highest BCUT2D eigenvalue weighted by Gasteiger charge is 2.32. The van der Waals surface area contributed by atoms with E-state index in [9.17, 15) is 4.79 Å². The molecule has 1 unspecified atom stereocenters. The number of nitrogens with one attached hydrogen (secondary N) is 2. The van der Waals surface area contributed by atoms with Gasteiger partial charge in [-0.3, -0.25) is 4.79 Å². The summed E-state index contributed by atoms with van der Waals surface area (Å²) in [4.78, 5) is 12.7. The standard InChI is InChI=1S/C21H24N2O3/c1-14-19(22-11-13-25-14)21(24)23-18-10-12-26-20-16(8-5-9-17(18)20)15-6-3-2-4-7-15/h2-9,14,18-19,22H,10-13H2,1H3,(H,23,24)/t14-,18?,19+/m1/s1. The fraction of sp³-hybridized carbons (Fsp3) is 0.381. The van der Waals surface area contributed by atoms with Crippen molar-refractivity contribution in [2.45, 2.75) is 31.5 Å². The van der Waals surface area contributed by atoms with Crippen molar-refractivity contribution in [2.75, 3.05) is 19.8 Å². The average Bonchev–Trinajstić information content (AvgIpc) is 2.69. The Morgan fingerprint density at radius 3 is 2.77 bits per heavy atom. The highest BCUT2D eigenvalue weighted by molar-refractivity contribution is 5.83. The first-order valence-corrected chi connectivity index (χ1v) is 9.20. The Hall–Kier alpha value is -2.37. The molecule has 5 nitrogen and oxygen atoms in total. The van der Waals surface area contributed by atoms with E-state index in [1.54, 1.807) is 0 Å². The molecule has 0 saturated carbocycles. The van der Waals surface area contributed by atoms with Crippen LogP contribution in [0.3, 0.4) is 0 Å². The third-order valence-electron chi connectivity index (χ3n) is 5.07. The number of carbonyl (C=O) groups excluding carboxylic acids is 1. The van der Waals surface area contributed by atoms with Gasteiger partial charge in [0.15, 0.2) is 0 Å². The van der Waals surface area contributed by atoms with Crippen LogP contribution in [0.2, 0.25) is 0 Å². The molecule has 0 spiro atoms. The Labute approximate surface area is 153 Å². The summed E-state index contributed by atoms with van der Waals surface area (Å²) in [5.41, 5.74) is 3.22. The van der Waals surface area contributed by atoms with Crippen molar-refractivity contribution in [3.8, 4) is 16.9 Å². The van der Waals surface area contributed by atoms with Crippen molar-refractivity contribution in [1.82, 2.24) is 10.6 Å². The van der Waals surface area contributed by atoms with Crippen molar-refractivity contribution in [1.29, 1.82) is 0 Å². The Balaban J connectivity index is 1.59. The molecule has 2 aromatic rings. The Morgan fingerprint density at radius 2 is 1.96 bits per heavy atom. The van der Waals surface area contributed by atoms with E-state index in [1.165, 1.54) is 0 Å². The van der Waals surface area contributed by atoms with E-state index in [1.807, 2.05) is 37.3 Å². The van der Waals surface area contributed by atoms with Crippen LogP contribution in [0.4, 0.5) is 0 Å². The summed E-state index contributed by atoms with van der Waals surface area (Å²) < 4.78 is 11.6. The number of hydrogen-bond donors (Lipinski definition) is 2. The minimum atomic E-state index is -0.313. The van der Waals surface area contributed by atoms with Gasteiger partial charge >= 0.3 is 0 Å². The summed E-state index contributed by atoms with van der Waals surface area (Å²) in [6.45, 7) is 3.87. The molecule has 3 atom stereocenters. The van der Waals surface area contributed by atoms with Gasteiger partial charge in [-0.1, -0.05) is 48.5 Å². The Bertz CT molecular complexity index is 778. The van der Waals surface area contributed by atoms with E-state index < -0.39 is 0 Å².